The summed E-state index contributed by atoms with van der Waals surface area (Å²) in [4.78, 5) is 1.89. The summed E-state index contributed by atoms with van der Waals surface area (Å²) < 4.78 is 0. The molecule has 0 aromatic rings. The van der Waals surface area contributed by atoms with E-state index in [-0.39, 0.29) is 11.9 Å². The van der Waals surface area contributed by atoms with E-state index in [2.05, 4.69) is 5.16 Å². The number of amidine groups is 1. The van der Waals surface area contributed by atoms with Gasteiger partial charge in [-0.3, -0.25) is 4.90 Å². The lowest BCUT2D eigenvalue weighted by Crippen LogP contribution is -2.53. The third-order valence-electron chi connectivity index (χ3n) is 1.45. The first-order valence-electron chi connectivity index (χ1n) is 3.09. The number of oxime groups is 1. The fourth-order valence-electron chi connectivity index (χ4n) is 0.932. The molecule has 0 radical (unpaired) electrons. The molecule has 0 bridgehead atoms. The lowest BCUT2D eigenvalue weighted by molar-refractivity contribution is 0.0119. The normalized spacial score (nSPS) is 22.7. The van der Waals surface area contributed by atoms with Crippen molar-refractivity contribution in [3.63, 3.8) is 0 Å². The molecule has 0 saturated carbocycles. The zero-order valence-corrected chi connectivity index (χ0v) is 5.56. The predicted octanol–water partition coefficient (Wildman–Crippen LogP) is -1.59. The van der Waals surface area contributed by atoms with Crippen LogP contribution in [0.4, 0.5) is 0 Å². The van der Waals surface area contributed by atoms with Crippen LogP contribution in [0.2, 0.25) is 0 Å². The standard InChI is InChI=1S/C5H11N3O2/c6-5(7-10)3-8-1-4(9)2-8/h4,9-10H,1-3H2,(H2,6,7). The van der Waals surface area contributed by atoms with Crippen molar-refractivity contribution in [3.8, 4) is 0 Å². The molecule has 0 aliphatic carbocycles. The van der Waals surface area contributed by atoms with Crippen molar-refractivity contribution in [2.24, 2.45) is 10.9 Å². The zero-order chi connectivity index (χ0) is 7.56. The third-order valence-corrected chi connectivity index (χ3v) is 1.45. The van der Waals surface area contributed by atoms with Crippen LogP contribution < -0.4 is 5.73 Å². The summed E-state index contributed by atoms with van der Waals surface area (Å²) >= 11 is 0. The Labute approximate surface area is 58.7 Å². The van der Waals surface area contributed by atoms with E-state index < -0.39 is 0 Å². The third kappa shape index (κ3) is 1.58. The number of hydrogen-bond acceptors (Lipinski definition) is 4. The number of likely N-dealkylation sites (tertiary alicyclic amines) is 1. The second kappa shape index (κ2) is 2.85. The van der Waals surface area contributed by atoms with Crippen LogP contribution in [0.5, 0.6) is 0 Å². The minimum Gasteiger partial charge on any atom is -0.409 e. The van der Waals surface area contributed by atoms with Crippen LogP contribution in [0.1, 0.15) is 0 Å². The second-order valence-corrected chi connectivity index (χ2v) is 2.44. The van der Waals surface area contributed by atoms with Crippen LogP contribution in [-0.2, 0) is 0 Å². The molecule has 1 heterocycles. The molecule has 4 N–H and O–H groups in total. The first-order chi connectivity index (χ1) is 4.72. The average Bonchev–Trinajstić information content (AvgIpc) is 1.84. The molecule has 1 aliphatic rings. The molecular weight excluding hydrogens is 134 g/mol. The van der Waals surface area contributed by atoms with Gasteiger partial charge in [0.1, 0.15) is 0 Å². The van der Waals surface area contributed by atoms with E-state index in [1.807, 2.05) is 4.90 Å². The van der Waals surface area contributed by atoms with E-state index in [1.54, 1.807) is 0 Å². The van der Waals surface area contributed by atoms with Crippen molar-refractivity contribution < 1.29 is 10.3 Å². The molecule has 1 aliphatic heterocycles. The monoisotopic (exact) mass is 145 g/mol. The van der Waals surface area contributed by atoms with Crippen molar-refractivity contribution >= 4 is 5.84 Å². The van der Waals surface area contributed by atoms with E-state index in [4.69, 9.17) is 16.0 Å². The lowest BCUT2D eigenvalue weighted by Gasteiger charge is -2.35. The molecule has 0 amide bonds. The lowest BCUT2D eigenvalue weighted by atomic mass is 10.2. The quantitative estimate of drug-likeness (QED) is 0.189. The summed E-state index contributed by atoms with van der Waals surface area (Å²) in [6.07, 6.45) is -0.230. The molecule has 0 unspecified atom stereocenters. The molecule has 1 fully saturated rings. The number of aliphatic hydroxyl groups excluding tert-OH is 1. The van der Waals surface area contributed by atoms with Gasteiger partial charge in [0.05, 0.1) is 12.6 Å². The van der Waals surface area contributed by atoms with Gasteiger partial charge in [-0.25, -0.2) is 0 Å². The van der Waals surface area contributed by atoms with Crippen molar-refractivity contribution in [1.29, 1.82) is 0 Å². The Balaban J connectivity index is 2.16. The highest BCUT2D eigenvalue weighted by molar-refractivity contribution is 5.81. The molecule has 10 heavy (non-hydrogen) atoms. The molecule has 0 aromatic heterocycles. The highest BCUT2D eigenvalue weighted by Crippen LogP contribution is 2.04. The van der Waals surface area contributed by atoms with Gasteiger partial charge in [0.25, 0.3) is 0 Å². The van der Waals surface area contributed by atoms with Crippen LogP contribution in [0, 0.1) is 0 Å². The predicted molar refractivity (Wildman–Crippen MR) is 35.9 cm³/mol. The number of hydrogen-bond donors (Lipinski definition) is 3. The van der Waals surface area contributed by atoms with E-state index in [0.29, 0.717) is 19.6 Å². The van der Waals surface area contributed by atoms with Crippen LogP contribution in [0.25, 0.3) is 0 Å². The SMILES string of the molecule is N/C(CN1CC(O)C1)=N\O. The highest BCUT2D eigenvalue weighted by atomic mass is 16.4. The van der Waals surface area contributed by atoms with Crippen molar-refractivity contribution in [3.05, 3.63) is 0 Å². The van der Waals surface area contributed by atoms with Crippen LogP contribution in [-0.4, -0.2) is 46.8 Å². The highest BCUT2D eigenvalue weighted by Gasteiger charge is 2.24. The zero-order valence-electron chi connectivity index (χ0n) is 5.56. The maximum absolute atomic E-state index is 8.82. The summed E-state index contributed by atoms with van der Waals surface area (Å²) in [6, 6.07) is 0. The van der Waals surface area contributed by atoms with Crippen molar-refractivity contribution in [1.82, 2.24) is 4.90 Å². The second-order valence-electron chi connectivity index (χ2n) is 2.44. The number of nitrogens with zero attached hydrogens (tertiary/aromatic N) is 2. The molecule has 5 nitrogen and oxygen atoms in total. The van der Waals surface area contributed by atoms with Crippen molar-refractivity contribution in [2.75, 3.05) is 19.6 Å². The number of aliphatic hydroxyl groups is 1. The summed E-state index contributed by atoms with van der Waals surface area (Å²) in [6.45, 7) is 1.68. The van der Waals surface area contributed by atoms with Gasteiger partial charge in [-0.1, -0.05) is 5.16 Å². The average molecular weight is 145 g/mol. The maximum atomic E-state index is 8.82. The molecule has 0 atom stereocenters. The summed E-state index contributed by atoms with van der Waals surface area (Å²) in [5, 5.41) is 19.8. The van der Waals surface area contributed by atoms with E-state index >= 15 is 0 Å². The number of rotatable bonds is 2. The molecule has 58 valence electrons. The number of nitrogens with two attached hydrogens (primary N) is 1. The largest absolute Gasteiger partial charge is 0.409 e. The smallest absolute Gasteiger partial charge is 0.153 e. The molecule has 1 saturated heterocycles. The number of β-amino-alcohol motifs (C(OH)–C–C–N with tert-alkyl or cyclic N) is 1. The molecule has 0 spiro atoms. The fourth-order valence-corrected chi connectivity index (χ4v) is 0.932. The first kappa shape index (κ1) is 7.30. The molecule has 5 heteroatoms. The Morgan fingerprint density at radius 3 is 2.70 bits per heavy atom. The van der Waals surface area contributed by atoms with Crippen molar-refractivity contribution in [2.45, 2.75) is 6.10 Å². The summed E-state index contributed by atoms with van der Waals surface area (Å²) in [5.41, 5.74) is 5.21. The minimum atomic E-state index is -0.230. The van der Waals surface area contributed by atoms with Gasteiger partial charge < -0.3 is 16.0 Å². The molecular formula is C5H11N3O2. The van der Waals surface area contributed by atoms with Crippen LogP contribution in [0.15, 0.2) is 5.16 Å². The topological polar surface area (TPSA) is 82.1 Å². The minimum absolute atomic E-state index is 0.187. The van der Waals surface area contributed by atoms with E-state index in [9.17, 15) is 0 Å². The van der Waals surface area contributed by atoms with Gasteiger partial charge >= 0.3 is 0 Å². The van der Waals surface area contributed by atoms with Gasteiger partial charge in [-0.05, 0) is 0 Å². The van der Waals surface area contributed by atoms with Crippen LogP contribution >= 0.6 is 0 Å². The Bertz CT molecular complexity index is 142. The van der Waals surface area contributed by atoms with E-state index in [1.165, 1.54) is 0 Å². The molecule has 0 aromatic carbocycles. The Morgan fingerprint density at radius 1 is 1.70 bits per heavy atom. The van der Waals surface area contributed by atoms with E-state index in [0.717, 1.165) is 0 Å². The van der Waals surface area contributed by atoms with Gasteiger partial charge in [-0.15, -0.1) is 0 Å². The van der Waals surface area contributed by atoms with Gasteiger partial charge in [0.2, 0.25) is 0 Å². The first-order valence-corrected chi connectivity index (χ1v) is 3.09. The Morgan fingerprint density at radius 2 is 2.30 bits per heavy atom. The van der Waals surface area contributed by atoms with Gasteiger partial charge in [0, 0.05) is 13.1 Å². The fraction of sp³-hybridized carbons (Fsp3) is 0.800. The Hall–Kier alpha value is -0.810. The molecule has 1 rings (SSSR count). The summed E-state index contributed by atoms with van der Waals surface area (Å²) in [7, 11) is 0. The van der Waals surface area contributed by atoms with Gasteiger partial charge in [0.15, 0.2) is 5.84 Å². The Kier molecular flexibility index (Phi) is 2.08. The van der Waals surface area contributed by atoms with Crippen LogP contribution in [0.3, 0.4) is 0 Å². The summed E-state index contributed by atoms with van der Waals surface area (Å²) in [5.74, 6) is 0.187. The van der Waals surface area contributed by atoms with Gasteiger partial charge in [-0.2, -0.15) is 0 Å². The maximum Gasteiger partial charge on any atom is 0.153 e.